The smallest absolute Gasteiger partial charge is 0.152 e. The van der Waals surface area contributed by atoms with Crippen LogP contribution in [0.3, 0.4) is 0 Å². The second-order valence-electron chi connectivity index (χ2n) is 4.53. The Morgan fingerprint density at radius 3 is 2.94 bits per heavy atom. The minimum atomic E-state index is 0.699. The normalized spacial score (nSPS) is 15.9. The highest BCUT2D eigenvalue weighted by Crippen LogP contribution is 2.28. The summed E-state index contributed by atoms with van der Waals surface area (Å²) in [4.78, 5) is 0. The third kappa shape index (κ3) is 1.95. The number of rotatable bonds is 3. The van der Waals surface area contributed by atoms with Crippen LogP contribution in [-0.2, 0) is 6.54 Å². The number of nitrogens with one attached hydrogen (secondary N) is 1. The molecule has 0 unspecified atom stereocenters. The van der Waals surface area contributed by atoms with Crippen molar-refractivity contribution in [2.75, 3.05) is 0 Å². The summed E-state index contributed by atoms with van der Waals surface area (Å²) in [6, 6.07) is 6.81. The molecule has 84 valence electrons. The molecule has 0 spiro atoms. The first kappa shape index (κ1) is 10.2. The van der Waals surface area contributed by atoms with E-state index in [1.54, 1.807) is 0 Å². The second-order valence-corrected chi connectivity index (χ2v) is 4.94. The van der Waals surface area contributed by atoms with Crippen LogP contribution in [0, 0.1) is 6.92 Å². The summed E-state index contributed by atoms with van der Waals surface area (Å²) in [5.41, 5.74) is 1.97. The quantitative estimate of drug-likeness (QED) is 0.879. The van der Waals surface area contributed by atoms with Gasteiger partial charge in [-0.15, -0.1) is 0 Å². The first-order valence-corrected chi connectivity index (χ1v) is 6.02. The molecule has 0 saturated heterocycles. The molecular weight excluding hydrogens is 222 g/mol. The molecule has 1 fully saturated rings. The third-order valence-electron chi connectivity index (χ3n) is 2.91. The first-order valence-electron chi connectivity index (χ1n) is 5.64. The van der Waals surface area contributed by atoms with Gasteiger partial charge in [0.25, 0.3) is 0 Å². The monoisotopic (exact) mass is 235 g/mol. The Morgan fingerprint density at radius 2 is 2.19 bits per heavy atom. The van der Waals surface area contributed by atoms with Gasteiger partial charge in [-0.25, -0.2) is 0 Å². The van der Waals surface area contributed by atoms with Crippen molar-refractivity contribution < 1.29 is 4.42 Å². The summed E-state index contributed by atoms with van der Waals surface area (Å²) in [7, 11) is 0. The van der Waals surface area contributed by atoms with Gasteiger partial charge in [0.15, 0.2) is 5.58 Å². The van der Waals surface area contributed by atoms with Gasteiger partial charge in [0.2, 0.25) is 0 Å². The Kier molecular flexibility index (Phi) is 2.41. The lowest BCUT2D eigenvalue weighted by molar-refractivity contribution is 0.512. The third-order valence-corrected chi connectivity index (χ3v) is 3.19. The van der Waals surface area contributed by atoms with E-state index in [2.05, 4.69) is 17.4 Å². The van der Waals surface area contributed by atoms with Crippen LogP contribution in [0.5, 0.6) is 0 Å². The molecule has 0 radical (unpaired) electrons. The van der Waals surface area contributed by atoms with Gasteiger partial charge < -0.3 is 9.73 Å². The van der Waals surface area contributed by atoms with Crippen molar-refractivity contribution in [3.63, 3.8) is 0 Å². The number of benzene rings is 1. The highest BCUT2D eigenvalue weighted by Gasteiger charge is 2.20. The Hall–Kier alpha value is -0.990. The van der Waals surface area contributed by atoms with Crippen LogP contribution < -0.4 is 5.32 Å². The van der Waals surface area contributed by atoms with Crippen LogP contribution in [-0.4, -0.2) is 6.04 Å². The molecule has 2 nitrogen and oxygen atoms in total. The topological polar surface area (TPSA) is 25.2 Å². The fraction of sp³-hybridized carbons (Fsp3) is 0.385. The van der Waals surface area contributed by atoms with Crippen molar-refractivity contribution in [1.29, 1.82) is 0 Å². The Morgan fingerprint density at radius 1 is 1.38 bits per heavy atom. The molecular formula is C13H14ClNO. The van der Waals surface area contributed by atoms with E-state index in [9.17, 15) is 0 Å². The first-order chi connectivity index (χ1) is 7.72. The predicted octanol–water partition coefficient (Wildman–Crippen LogP) is 3.65. The summed E-state index contributed by atoms with van der Waals surface area (Å²) in [6.45, 7) is 2.84. The maximum Gasteiger partial charge on any atom is 0.152 e. The highest BCUT2D eigenvalue weighted by atomic mass is 35.5. The fourth-order valence-electron chi connectivity index (χ4n) is 1.92. The van der Waals surface area contributed by atoms with Gasteiger partial charge in [-0.1, -0.05) is 11.6 Å². The lowest BCUT2D eigenvalue weighted by atomic mass is 10.2. The molecule has 0 amide bonds. The van der Waals surface area contributed by atoms with Crippen molar-refractivity contribution in [1.82, 2.24) is 5.32 Å². The average Bonchev–Trinajstić information content (AvgIpc) is 2.96. The lowest BCUT2D eigenvalue weighted by Gasteiger charge is -1.97. The average molecular weight is 236 g/mol. The summed E-state index contributed by atoms with van der Waals surface area (Å²) < 4.78 is 5.74. The van der Waals surface area contributed by atoms with Crippen molar-refractivity contribution in [2.24, 2.45) is 0 Å². The second kappa shape index (κ2) is 3.79. The summed E-state index contributed by atoms with van der Waals surface area (Å²) in [5.74, 6) is 0.967. The Labute approximate surface area is 99.6 Å². The molecule has 1 aliphatic carbocycles. The van der Waals surface area contributed by atoms with E-state index in [1.807, 2.05) is 13.0 Å². The maximum absolute atomic E-state index is 6.14. The zero-order valence-corrected chi connectivity index (χ0v) is 9.97. The van der Waals surface area contributed by atoms with Gasteiger partial charge in [-0.05, 0) is 43.5 Å². The fourth-order valence-corrected chi connectivity index (χ4v) is 2.24. The van der Waals surface area contributed by atoms with Gasteiger partial charge in [0.05, 0.1) is 11.6 Å². The van der Waals surface area contributed by atoms with E-state index >= 15 is 0 Å². The summed E-state index contributed by atoms with van der Waals surface area (Å²) >= 11 is 6.14. The SMILES string of the molecule is Cc1cc(Cl)c2oc(CNC3CC3)cc2c1. The number of hydrogen-bond acceptors (Lipinski definition) is 2. The zero-order valence-electron chi connectivity index (χ0n) is 9.22. The Bertz CT molecular complexity index is 528. The standard InChI is InChI=1S/C13H14ClNO/c1-8-4-9-6-11(7-15-10-2-3-10)16-13(9)12(14)5-8/h4-6,10,15H,2-3,7H2,1H3. The summed E-state index contributed by atoms with van der Waals surface area (Å²) in [6.07, 6.45) is 2.58. The summed E-state index contributed by atoms with van der Waals surface area (Å²) in [5, 5.41) is 5.23. The zero-order chi connectivity index (χ0) is 11.1. The molecule has 0 aliphatic heterocycles. The molecule has 1 saturated carbocycles. The van der Waals surface area contributed by atoms with Gasteiger partial charge >= 0.3 is 0 Å². The molecule has 0 bridgehead atoms. The largest absolute Gasteiger partial charge is 0.458 e. The van der Waals surface area contributed by atoms with Crippen molar-refractivity contribution in [3.05, 3.63) is 34.5 Å². The van der Waals surface area contributed by atoms with Crippen molar-refractivity contribution in [2.45, 2.75) is 32.4 Å². The Balaban J connectivity index is 1.91. The van der Waals surface area contributed by atoms with Crippen molar-refractivity contribution in [3.8, 4) is 0 Å². The van der Waals surface area contributed by atoms with Crippen LogP contribution in [0.2, 0.25) is 5.02 Å². The van der Waals surface area contributed by atoms with Crippen LogP contribution in [0.15, 0.2) is 22.6 Å². The number of fused-ring (bicyclic) bond motifs is 1. The van der Waals surface area contributed by atoms with Gasteiger partial charge in [0.1, 0.15) is 5.76 Å². The molecule has 0 atom stereocenters. The van der Waals surface area contributed by atoms with Crippen LogP contribution >= 0.6 is 11.6 Å². The van der Waals surface area contributed by atoms with Crippen molar-refractivity contribution >= 4 is 22.6 Å². The number of hydrogen-bond donors (Lipinski definition) is 1. The molecule has 1 aliphatic rings. The molecule has 1 aromatic heterocycles. The van der Waals surface area contributed by atoms with E-state index in [0.717, 1.165) is 23.3 Å². The minimum Gasteiger partial charge on any atom is -0.458 e. The number of furan rings is 1. The van der Waals surface area contributed by atoms with Crippen LogP contribution in [0.4, 0.5) is 0 Å². The van der Waals surface area contributed by atoms with Crippen LogP contribution in [0.25, 0.3) is 11.0 Å². The van der Waals surface area contributed by atoms with E-state index in [-0.39, 0.29) is 0 Å². The highest BCUT2D eigenvalue weighted by molar-refractivity contribution is 6.34. The van der Waals surface area contributed by atoms with Crippen LogP contribution in [0.1, 0.15) is 24.2 Å². The molecule has 16 heavy (non-hydrogen) atoms. The van der Waals surface area contributed by atoms with E-state index < -0.39 is 0 Å². The molecule has 1 N–H and O–H groups in total. The van der Waals surface area contributed by atoms with Gasteiger partial charge in [0, 0.05) is 11.4 Å². The van der Waals surface area contributed by atoms with E-state index in [1.165, 1.54) is 18.4 Å². The van der Waals surface area contributed by atoms with Gasteiger partial charge in [-0.2, -0.15) is 0 Å². The van der Waals surface area contributed by atoms with Gasteiger partial charge in [-0.3, -0.25) is 0 Å². The molecule has 1 aromatic carbocycles. The molecule has 2 aromatic rings. The lowest BCUT2D eigenvalue weighted by Crippen LogP contribution is -2.14. The molecule has 3 rings (SSSR count). The minimum absolute atomic E-state index is 0.699. The maximum atomic E-state index is 6.14. The predicted molar refractivity (Wildman–Crippen MR) is 65.8 cm³/mol. The van der Waals surface area contributed by atoms with E-state index in [0.29, 0.717) is 11.1 Å². The molecule has 3 heteroatoms. The number of aryl methyl sites for hydroxylation is 1. The van der Waals surface area contributed by atoms with E-state index in [4.69, 9.17) is 16.0 Å². The molecule has 1 heterocycles. The number of halogens is 1.